The monoisotopic (exact) mass is 550 g/mol. The van der Waals surface area contributed by atoms with E-state index in [4.69, 9.17) is 9.47 Å². The number of pyridine rings is 1. The summed E-state index contributed by atoms with van der Waals surface area (Å²) in [5, 5.41) is 24.8. The topological polar surface area (TPSA) is 92.1 Å². The second kappa shape index (κ2) is 8.30. The lowest BCUT2D eigenvalue weighted by Gasteiger charge is -2.41. The predicted octanol–water partition coefficient (Wildman–Crippen LogP) is 3.72. The molecule has 2 heterocycles. The van der Waals surface area contributed by atoms with Crippen LogP contribution in [0.25, 0.3) is 0 Å². The maximum Gasteiger partial charge on any atom is 0.229 e. The third-order valence-corrected chi connectivity index (χ3v) is 8.57. The number of ether oxygens (including phenoxy) is 2. The summed E-state index contributed by atoms with van der Waals surface area (Å²) in [4.78, 5) is 20.0. The minimum Gasteiger partial charge on any atom is -0.495 e. The normalized spacial score (nSPS) is 30.3. The van der Waals surface area contributed by atoms with Crippen LogP contribution in [0.3, 0.4) is 0 Å². The second-order valence-corrected chi connectivity index (χ2v) is 10.8. The van der Waals surface area contributed by atoms with Crippen LogP contribution in [0.15, 0.2) is 71.5 Å². The number of carbonyl (C=O) groups excluding carboxylic acids is 1. The highest BCUT2D eigenvalue weighted by Crippen LogP contribution is 2.69. The molecule has 186 valence electrons. The zero-order valence-electron chi connectivity index (χ0n) is 20.0. The number of benzene rings is 2. The van der Waals surface area contributed by atoms with Crippen molar-refractivity contribution in [3.05, 3.63) is 88.2 Å². The van der Waals surface area contributed by atoms with Crippen molar-refractivity contribution < 1.29 is 24.5 Å². The van der Waals surface area contributed by atoms with Gasteiger partial charge in [-0.3, -0.25) is 9.78 Å². The van der Waals surface area contributed by atoms with Crippen LogP contribution in [0.1, 0.15) is 35.4 Å². The molecule has 1 aromatic heterocycles. The van der Waals surface area contributed by atoms with Crippen molar-refractivity contribution in [1.29, 1.82) is 0 Å². The number of hydrogen-bond donors (Lipinski definition) is 2. The summed E-state index contributed by atoms with van der Waals surface area (Å²) in [5.74, 6) is -1.26. The summed E-state index contributed by atoms with van der Waals surface area (Å²) in [6.45, 7) is 0. The SMILES string of the molecule is COc1cncc2c1[C@]1(O)[C@H](O)[C@H](C(=O)N(C)C3CC3)[C@@H](c3ccccc3)[C@]1(c1ccc(Br)cc1)O2. The Labute approximate surface area is 217 Å². The molecule has 36 heavy (non-hydrogen) atoms. The fourth-order valence-electron chi connectivity index (χ4n) is 6.24. The van der Waals surface area contributed by atoms with Gasteiger partial charge in [-0.15, -0.1) is 0 Å². The second-order valence-electron chi connectivity index (χ2n) is 9.87. The molecule has 2 saturated carbocycles. The number of methoxy groups -OCH3 is 1. The van der Waals surface area contributed by atoms with Gasteiger partial charge < -0.3 is 24.6 Å². The number of nitrogens with zero attached hydrogens (tertiary/aromatic N) is 2. The van der Waals surface area contributed by atoms with Crippen LogP contribution >= 0.6 is 15.9 Å². The quantitative estimate of drug-likeness (QED) is 0.503. The molecular formula is C28H27BrN2O5. The van der Waals surface area contributed by atoms with Crippen LogP contribution in [0.2, 0.25) is 0 Å². The van der Waals surface area contributed by atoms with Gasteiger partial charge in [0.1, 0.15) is 17.6 Å². The summed E-state index contributed by atoms with van der Waals surface area (Å²) < 4.78 is 13.2. The molecule has 0 unspecified atom stereocenters. The average molecular weight is 551 g/mol. The Balaban J connectivity index is 1.67. The predicted molar refractivity (Wildman–Crippen MR) is 136 cm³/mol. The van der Waals surface area contributed by atoms with Crippen LogP contribution in [0.5, 0.6) is 11.5 Å². The van der Waals surface area contributed by atoms with E-state index in [9.17, 15) is 15.0 Å². The highest BCUT2D eigenvalue weighted by Gasteiger charge is 2.78. The zero-order valence-corrected chi connectivity index (χ0v) is 21.6. The van der Waals surface area contributed by atoms with Crippen LogP contribution < -0.4 is 9.47 Å². The van der Waals surface area contributed by atoms with Gasteiger partial charge in [0.05, 0.1) is 31.0 Å². The number of aliphatic hydroxyl groups is 2. The molecule has 5 atom stereocenters. The summed E-state index contributed by atoms with van der Waals surface area (Å²) >= 11 is 3.49. The number of fused-ring (bicyclic) bond motifs is 3. The smallest absolute Gasteiger partial charge is 0.229 e. The molecular weight excluding hydrogens is 524 g/mol. The van der Waals surface area contributed by atoms with Crippen molar-refractivity contribution in [3.63, 3.8) is 0 Å². The van der Waals surface area contributed by atoms with Gasteiger partial charge in [0.15, 0.2) is 11.2 Å². The van der Waals surface area contributed by atoms with Gasteiger partial charge in [-0.2, -0.15) is 0 Å². The maximum absolute atomic E-state index is 14.0. The largest absolute Gasteiger partial charge is 0.495 e. The first kappa shape index (κ1) is 23.5. The first-order valence-electron chi connectivity index (χ1n) is 12.0. The molecule has 0 spiro atoms. The van der Waals surface area contributed by atoms with E-state index in [1.807, 2.05) is 54.6 Å². The van der Waals surface area contributed by atoms with Gasteiger partial charge in [0.2, 0.25) is 5.91 Å². The third-order valence-electron chi connectivity index (χ3n) is 8.04. The summed E-state index contributed by atoms with van der Waals surface area (Å²) in [7, 11) is 3.26. The number of aliphatic hydroxyl groups excluding tert-OH is 1. The Morgan fingerprint density at radius 3 is 2.47 bits per heavy atom. The number of rotatable bonds is 5. The van der Waals surface area contributed by atoms with Crippen molar-refractivity contribution in [1.82, 2.24) is 9.88 Å². The molecule has 8 heteroatoms. The van der Waals surface area contributed by atoms with Gasteiger partial charge >= 0.3 is 0 Å². The van der Waals surface area contributed by atoms with Crippen molar-refractivity contribution in [3.8, 4) is 11.5 Å². The Morgan fingerprint density at radius 1 is 1.14 bits per heavy atom. The minimum absolute atomic E-state index is 0.145. The highest BCUT2D eigenvalue weighted by molar-refractivity contribution is 9.10. The van der Waals surface area contributed by atoms with E-state index in [0.29, 0.717) is 22.6 Å². The van der Waals surface area contributed by atoms with Crippen LogP contribution in [0, 0.1) is 5.92 Å². The van der Waals surface area contributed by atoms with E-state index >= 15 is 0 Å². The molecule has 2 N–H and O–H groups in total. The van der Waals surface area contributed by atoms with E-state index in [2.05, 4.69) is 20.9 Å². The van der Waals surface area contributed by atoms with Crippen molar-refractivity contribution >= 4 is 21.8 Å². The van der Waals surface area contributed by atoms with E-state index < -0.39 is 29.1 Å². The molecule has 3 aromatic rings. The molecule has 7 nitrogen and oxygen atoms in total. The molecule has 1 amide bonds. The lowest BCUT2D eigenvalue weighted by molar-refractivity contribution is -0.156. The molecule has 0 radical (unpaired) electrons. The van der Waals surface area contributed by atoms with Crippen molar-refractivity contribution in [2.24, 2.45) is 5.92 Å². The molecule has 2 aromatic carbocycles. The van der Waals surface area contributed by atoms with Gasteiger partial charge in [-0.1, -0.05) is 58.4 Å². The van der Waals surface area contributed by atoms with Crippen molar-refractivity contribution in [2.75, 3.05) is 14.2 Å². The van der Waals surface area contributed by atoms with E-state index in [1.54, 1.807) is 11.9 Å². The highest BCUT2D eigenvalue weighted by atomic mass is 79.9. The molecule has 3 aliphatic rings. The number of carbonyl (C=O) groups is 1. The number of amides is 1. The first-order valence-corrected chi connectivity index (χ1v) is 12.8. The zero-order chi connectivity index (χ0) is 25.2. The van der Waals surface area contributed by atoms with Gasteiger partial charge in [-0.05, 0) is 36.1 Å². The Morgan fingerprint density at radius 2 is 1.83 bits per heavy atom. The number of halogens is 1. The molecule has 2 aliphatic carbocycles. The van der Waals surface area contributed by atoms with Crippen LogP contribution in [0.4, 0.5) is 0 Å². The average Bonchev–Trinajstić information content (AvgIpc) is 3.68. The first-order chi connectivity index (χ1) is 17.3. The third kappa shape index (κ3) is 3.04. The summed E-state index contributed by atoms with van der Waals surface area (Å²) in [6, 6.07) is 17.1. The Bertz CT molecular complexity index is 1320. The lowest BCUT2D eigenvalue weighted by atomic mass is 9.70. The molecule has 0 saturated heterocycles. The van der Waals surface area contributed by atoms with Gasteiger partial charge in [0, 0.05) is 23.5 Å². The summed E-state index contributed by atoms with van der Waals surface area (Å²) in [5.41, 5.74) is -1.77. The van der Waals surface area contributed by atoms with Crippen molar-refractivity contribution in [2.45, 2.75) is 42.1 Å². The fourth-order valence-corrected chi connectivity index (χ4v) is 6.51. The van der Waals surface area contributed by atoms with E-state index in [1.165, 1.54) is 19.5 Å². The number of aromatic nitrogens is 1. The van der Waals surface area contributed by atoms with Crippen LogP contribution in [-0.2, 0) is 16.0 Å². The standard InChI is InChI=1S/C28H27BrN2O5/c1-31(19-12-13-19)26(33)22-23(16-6-4-3-5-7-16)28(17-8-10-18(29)11-9-17)27(34,25(22)32)24-20(35-2)14-30-15-21(24)36-28/h3-11,14-15,19,22-23,25,32,34H,12-13H2,1-2H3/t22-,23-,25-,27+,28+/m1/s1. The molecule has 0 bridgehead atoms. The van der Waals surface area contributed by atoms with Gasteiger partial charge in [-0.25, -0.2) is 0 Å². The Hall–Kier alpha value is -2.94. The lowest BCUT2D eigenvalue weighted by Crippen LogP contribution is -2.52. The molecule has 2 fully saturated rings. The van der Waals surface area contributed by atoms with E-state index in [-0.39, 0.29) is 11.9 Å². The summed E-state index contributed by atoms with van der Waals surface area (Å²) in [6.07, 6.45) is 3.41. The number of hydrogen-bond acceptors (Lipinski definition) is 6. The van der Waals surface area contributed by atoms with E-state index in [0.717, 1.165) is 22.9 Å². The fraction of sp³-hybridized carbons (Fsp3) is 0.357. The Kier molecular flexibility index (Phi) is 5.41. The molecule has 1 aliphatic heterocycles. The van der Waals surface area contributed by atoms with Gasteiger partial charge in [0.25, 0.3) is 0 Å². The minimum atomic E-state index is -1.99. The maximum atomic E-state index is 14.0. The van der Waals surface area contributed by atoms with Crippen LogP contribution in [-0.4, -0.2) is 52.3 Å². The molecule has 6 rings (SSSR count).